The number of nitriles is 1. The Balaban J connectivity index is 1.39. The number of piperidine rings is 1. The number of nitrogens with one attached hydrogen (secondary N) is 1. The lowest BCUT2D eigenvalue weighted by Crippen LogP contribution is -2.57. The van der Waals surface area contributed by atoms with Crippen molar-refractivity contribution in [3.05, 3.63) is 35.4 Å². The van der Waals surface area contributed by atoms with Gasteiger partial charge in [0.25, 0.3) is 10.2 Å². The van der Waals surface area contributed by atoms with Crippen LogP contribution in [0.3, 0.4) is 0 Å². The van der Waals surface area contributed by atoms with Gasteiger partial charge in [0.15, 0.2) is 11.6 Å². The van der Waals surface area contributed by atoms with Crippen molar-refractivity contribution in [2.45, 2.75) is 44.7 Å². The van der Waals surface area contributed by atoms with Gasteiger partial charge in [-0.3, -0.25) is 9.59 Å². The molecule has 3 heterocycles. The van der Waals surface area contributed by atoms with Crippen molar-refractivity contribution in [2.75, 3.05) is 32.7 Å². The van der Waals surface area contributed by atoms with Crippen molar-refractivity contribution in [1.82, 2.24) is 18.8 Å². The molecule has 0 spiro atoms. The number of benzene rings is 1. The fraction of sp³-hybridized carbons (Fsp3) is 0.609. The third kappa shape index (κ3) is 5.17. The molecule has 1 N–H and O–H groups in total. The summed E-state index contributed by atoms with van der Waals surface area (Å²) in [6.45, 7) is 2.75. The van der Waals surface area contributed by atoms with Gasteiger partial charge in [0.1, 0.15) is 6.04 Å². The molecule has 3 saturated heterocycles. The monoisotopic (exact) mass is 509 g/mol. The Bertz CT molecular complexity index is 1140. The molecule has 12 heteroatoms. The number of hydrogen-bond donors (Lipinski definition) is 1. The van der Waals surface area contributed by atoms with Crippen molar-refractivity contribution in [1.29, 1.82) is 5.26 Å². The first-order valence-corrected chi connectivity index (χ1v) is 13.2. The van der Waals surface area contributed by atoms with Gasteiger partial charge in [-0.25, -0.2) is 8.78 Å². The van der Waals surface area contributed by atoms with Crippen LogP contribution in [0.25, 0.3) is 0 Å². The number of carbonyl (C=O) groups is 2. The van der Waals surface area contributed by atoms with E-state index in [1.807, 2.05) is 0 Å². The zero-order chi connectivity index (χ0) is 25.3. The SMILES string of the molecule is CC(NC(=O)[C@H]1CCCN1C(=O)[C@H]1CCCN(S(=O)(=O)N2CC(C#N)C2)C1)c1ccc(F)c(F)c1. The second kappa shape index (κ2) is 10.2. The number of halogens is 2. The molecule has 190 valence electrons. The molecule has 1 unspecified atom stereocenters. The lowest BCUT2D eigenvalue weighted by Gasteiger charge is -2.41. The Morgan fingerprint density at radius 1 is 1.09 bits per heavy atom. The molecule has 0 aromatic heterocycles. The number of likely N-dealkylation sites (tertiary alicyclic amines) is 1. The summed E-state index contributed by atoms with van der Waals surface area (Å²) in [6.07, 6.45) is 2.17. The zero-order valence-corrected chi connectivity index (χ0v) is 20.3. The van der Waals surface area contributed by atoms with Gasteiger partial charge in [0.05, 0.1) is 23.9 Å². The molecule has 4 rings (SSSR count). The highest BCUT2D eigenvalue weighted by Crippen LogP contribution is 2.29. The van der Waals surface area contributed by atoms with Crippen LogP contribution in [-0.4, -0.2) is 72.5 Å². The third-order valence-corrected chi connectivity index (χ3v) is 8.99. The van der Waals surface area contributed by atoms with Crippen LogP contribution in [0.5, 0.6) is 0 Å². The lowest BCUT2D eigenvalue weighted by molar-refractivity contribution is -0.142. The van der Waals surface area contributed by atoms with Crippen LogP contribution < -0.4 is 5.32 Å². The molecule has 0 aliphatic carbocycles. The maximum Gasteiger partial charge on any atom is 0.282 e. The summed E-state index contributed by atoms with van der Waals surface area (Å²) in [5.74, 6) is -3.45. The van der Waals surface area contributed by atoms with Crippen molar-refractivity contribution in [3.8, 4) is 6.07 Å². The number of amides is 2. The molecule has 3 aliphatic heterocycles. The summed E-state index contributed by atoms with van der Waals surface area (Å²) in [4.78, 5) is 27.9. The van der Waals surface area contributed by atoms with Gasteiger partial charge in [-0.05, 0) is 50.3 Å². The summed E-state index contributed by atoms with van der Waals surface area (Å²) in [7, 11) is -3.73. The number of carbonyl (C=O) groups excluding carboxylic acids is 2. The first-order valence-electron chi connectivity index (χ1n) is 11.8. The van der Waals surface area contributed by atoms with E-state index in [0.717, 1.165) is 12.1 Å². The first-order chi connectivity index (χ1) is 16.6. The average Bonchev–Trinajstić information content (AvgIpc) is 3.29. The molecule has 2 amide bonds. The maximum atomic E-state index is 13.6. The molecular formula is C23H29F2N5O4S. The molecule has 1 aromatic rings. The standard InChI is InChI=1S/C23H29F2N5O4S/c1-15(17-6-7-19(24)20(25)10-17)27-22(31)21-5-3-9-30(21)23(32)18-4-2-8-28(14-18)35(33,34)29-12-16(11-26)13-29/h6-7,10,15-16,18,21H,2-5,8-9,12-14H2,1H3,(H,27,31)/t15?,18-,21+/m0/s1. The van der Waals surface area contributed by atoms with Crippen LogP contribution >= 0.6 is 0 Å². The highest BCUT2D eigenvalue weighted by Gasteiger charge is 2.44. The van der Waals surface area contributed by atoms with Crippen LogP contribution in [0.1, 0.15) is 44.2 Å². The van der Waals surface area contributed by atoms with Crippen LogP contribution in [0.4, 0.5) is 8.78 Å². The van der Waals surface area contributed by atoms with Crippen molar-refractivity contribution >= 4 is 22.0 Å². The smallest absolute Gasteiger partial charge is 0.282 e. The van der Waals surface area contributed by atoms with Crippen LogP contribution in [0.15, 0.2) is 18.2 Å². The van der Waals surface area contributed by atoms with Crippen LogP contribution in [0.2, 0.25) is 0 Å². The second-order valence-corrected chi connectivity index (χ2v) is 11.4. The highest BCUT2D eigenvalue weighted by molar-refractivity contribution is 7.86. The Labute approximate surface area is 203 Å². The number of hydrogen-bond acceptors (Lipinski definition) is 5. The van der Waals surface area contributed by atoms with Gasteiger partial charge in [0.2, 0.25) is 11.8 Å². The van der Waals surface area contributed by atoms with Gasteiger partial charge < -0.3 is 10.2 Å². The van der Waals surface area contributed by atoms with Crippen LogP contribution in [-0.2, 0) is 19.8 Å². The van der Waals surface area contributed by atoms with Gasteiger partial charge in [-0.1, -0.05) is 6.07 Å². The Kier molecular flexibility index (Phi) is 7.40. The molecule has 0 saturated carbocycles. The topological polar surface area (TPSA) is 114 Å². The Morgan fingerprint density at radius 2 is 1.80 bits per heavy atom. The molecule has 9 nitrogen and oxygen atoms in total. The molecule has 3 aliphatic rings. The minimum absolute atomic E-state index is 0.0466. The van der Waals surface area contributed by atoms with E-state index in [0.29, 0.717) is 44.3 Å². The summed E-state index contributed by atoms with van der Waals surface area (Å²) >= 11 is 0. The molecule has 0 radical (unpaired) electrons. The van der Waals surface area contributed by atoms with Crippen molar-refractivity contribution in [3.63, 3.8) is 0 Å². The first kappa shape index (κ1) is 25.5. The highest BCUT2D eigenvalue weighted by atomic mass is 32.2. The number of rotatable bonds is 6. The molecule has 0 bridgehead atoms. The fourth-order valence-electron chi connectivity index (χ4n) is 4.94. The molecule has 35 heavy (non-hydrogen) atoms. The van der Waals surface area contributed by atoms with E-state index < -0.39 is 39.8 Å². The van der Waals surface area contributed by atoms with E-state index >= 15 is 0 Å². The summed E-state index contributed by atoms with van der Waals surface area (Å²) in [5.41, 5.74) is 0.408. The summed E-state index contributed by atoms with van der Waals surface area (Å²) in [6, 6.07) is 4.21. The van der Waals surface area contributed by atoms with E-state index in [4.69, 9.17) is 5.26 Å². The van der Waals surface area contributed by atoms with E-state index in [1.165, 1.54) is 19.6 Å². The number of nitrogens with zero attached hydrogens (tertiary/aromatic N) is 4. The molecule has 3 fully saturated rings. The predicted molar refractivity (Wildman–Crippen MR) is 122 cm³/mol. The Hall–Kier alpha value is -2.62. The van der Waals surface area contributed by atoms with Crippen molar-refractivity contribution < 1.29 is 26.8 Å². The van der Waals surface area contributed by atoms with Crippen molar-refractivity contribution in [2.24, 2.45) is 11.8 Å². The van der Waals surface area contributed by atoms with E-state index in [2.05, 4.69) is 11.4 Å². The maximum absolute atomic E-state index is 13.6. The van der Waals surface area contributed by atoms with Crippen LogP contribution in [0, 0.1) is 34.8 Å². The van der Waals surface area contributed by atoms with E-state index in [-0.39, 0.29) is 37.4 Å². The molecular weight excluding hydrogens is 480 g/mol. The largest absolute Gasteiger partial charge is 0.348 e. The zero-order valence-electron chi connectivity index (χ0n) is 19.5. The van der Waals surface area contributed by atoms with Gasteiger partial charge in [-0.2, -0.15) is 22.3 Å². The fourth-order valence-corrected chi connectivity index (χ4v) is 6.73. The summed E-state index contributed by atoms with van der Waals surface area (Å²) in [5, 5.41) is 11.7. The van der Waals surface area contributed by atoms with Gasteiger partial charge in [-0.15, -0.1) is 0 Å². The third-order valence-electron chi connectivity index (χ3n) is 7.06. The minimum Gasteiger partial charge on any atom is -0.348 e. The quantitative estimate of drug-likeness (QED) is 0.625. The van der Waals surface area contributed by atoms with Gasteiger partial charge in [0, 0.05) is 32.7 Å². The lowest BCUT2D eigenvalue weighted by atomic mass is 9.97. The Morgan fingerprint density at radius 3 is 2.49 bits per heavy atom. The second-order valence-electron chi connectivity index (χ2n) is 9.44. The predicted octanol–water partition coefficient (Wildman–Crippen LogP) is 1.55. The average molecular weight is 510 g/mol. The summed E-state index contributed by atoms with van der Waals surface area (Å²) < 4.78 is 55.2. The van der Waals surface area contributed by atoms with Gasteiger partial charge >= 0.3 is 0 Å². The van der Waals surface area contributed by atoms with E-state index in [1.54, 1.807) is 6.92 Å². The normalized spacial score (nSPS) is 25.0. The van der Waals surface area contributed by atoms with E-state index in [9.17, 15) is 26.8 Å². The minimum atomic E-state index is -3.73. The molecule has 3 atom stereocenters. The molecule has 1 aromatic carbocycles.